The molecule has 4 aromatic rings. The molecule has 2 aromatic carbocycles. The second-order valence-electron chi connectivity index (χ2n) is 6.53. The lowest BCUT2D eigenvalue weighted by Gasteiger charge is -2.13. The topological polar surface area (TPSA) is 77.6 Å². The predicted octanol–water partition coefficient (Wildman–Crippen LogP) is 4.46. The van der Waals surface area contributed by atoms with Gasteiger partial charge in [0.15, 0.2) is 0 Å². The summed E-state index contributed by atoms with van der Waals surface area (Å²) in [5.41, 5.74) is 11.4. The van der Waals surface area contributed by atoms with E-state index in [1.54, 1.807) is 0 Å². The van der Waals surface area contributed by atoms with Gasteiger partial charge >= 0.3 is 0 Å². The Hall–Kier alpha value is -3.34. The van der Waals surface area contributed by atoms with Gasteiger partial charge in [0.05, 0.1) is 5.52 Å². The SMILES string of the molecule is CC(C)c1cc(-c2nnc(N)nc2-c2ccccc2)cc2cccnc12. The van der Waals surface area contributed by atoms with Crippen molar-refractivity contribution in [1.82, 2.24) is 20.2 Å². The van der Waals surface area contributed by atoms with E-state index >= 15 is 0 Å². The number of anilines is 1. The van der Waals surface area contributed by atoms with Crippen molar-refractivity contribution >= 4 is 16.9 Å². The van der Waals surface area contributed by atoms with Gasteiger partial charge in [0.25, 0.3) is 0 Å². The Kier molecular flexibility index (Phi) is 4.05. The summed E-state index contributed by atoms with van der Waals surface area (Å²) in [5.74, 6) is 0.501. The van der Waals surface area contributed by atoms with E-state index in [0.29, 0.717) is 5.92 Å². The molecule has 0 atom stereocenters. The molecule has 4 rings (SSSR count). The summed E-state index contributed by atoms with van der Waals surface area (Å²) in [6.07, 6.45) is 1.83. The van der Waals surface area contributed by atoms with Crippen LogP contribution in [0.3, 0.4) is 0 Å². The Morgan fingerprint density at radius 3 is 2.42 bits per heavy atom. The van der Waals surface area contributed by atoms with Crippen LogP contribution < -0.4 is 5.73 Å². The van der Waals surface area contributed by atoms with Crippen molar-refractivity contribution in [3.8, 4) is 22.5 Å². The molecule has 128 valence electrons. The van der Waals surface area contributed by atoms with Gasteiger partial charge in [-0.3, -0.25) is 4.98 Å². The van der Waals surface area contributed by atoms with Crippen molar-refractivity contribution in [1.29, 1.82) is 0 Å². The van der Waals surface area contributed by atoms with Crippen LogP contribution in [0.2, 0.25) is 0 Å². The number of nitrogen functional groups attached to an aromatic ring is 1. The van der Waals surface area contributed by atoms with E-state index in [1.807, 2.05) is 42.6 Å². The zero-order chi connectivity index (χ0) is 18.1. The Labute approximate surface area is 152 Å². The van der Waals surface area contributed by atoms with Crippen molar-refractivity contribution in [3.05, 3.63) is 66.4 Å². The highest BCUT2D eigenvalue weighted by Gasteiger charge is 2.16. The molecule has 0 fully saturated rings. The number of benzene rings is 2. The van der Waals surface area contributed by atoms with Crippen molar-refractivity contribution in [2.75, 3.05) is 5.73 Å². The van der Waals surface area contributed by atoms with E-state index in [9.17, 15) is 0 Å². The Morgan fingerprint density at radius 2 is 1.65 bits per heavy atom. The normalized spacial score (nSPS) is 11.2. The lowest BCUT2D eigenvalue weighted by atomic mass is 9.94. The monoisotopic (exact) mass is 341 g/mol. The summed E-state index contributed by atoms with van der Waals surface area (Å²) in [5, 5.41) is 9.45. The summed E-state index contributed by atoms with van der Waals surface area (Å²) in [4.78, 5) is 9.02. The van der Waals surface area contributed by atoms with Crippen LogP contribution in [-0.4, -0.2) is 20.2 Å². The van der Waals surface area contributed by atoms with Gasteiger partial charge in [0.1, 0.15) is 11.4 Å². The van der Waals surface area contributed by atoms with Crippen LogP contribution in [-0.2, 0) is 0 Å². The van der Waals surface area contributed by atoms with Gasteiger partial charge in [-0.15, -0.1) is 10.2 Å². The second-order valence-corrected chi connectivity index (χ2v) is 6.53. The van der Waals surface area contributed by atoms with E-state index < -0.39 is 0 Å². The van der Waals surface area contributed by atoms with E-state index in [0.717, 1.165) is 33.4 Å². The van der Waals surface area contributed by atoms with Crippen LogP contribution in [0.25, 0.3) is 33.4 Å². The molecular formula is C21H19N5. The lowest BCUT2D eigenvalue weighted by molar-refractivity contribution is 0.872. The molecule has 0 amide bonds. The molecule has 0 bridgehead atoms. The molecule has 5 heteroatoms. The summed E-state index contributed by atoms with van der Waals surface area (Å²) in [6, 6.07) is 18.1. The molecule has 0 radical (unpaired) electrons. The first-order valence-electron chi connectivity index (χ1n) is 8.58. The van der Waals surface area contributed by atoms with Gasteiger partial charge in [0, 0.05) is 22.7 Å². The lowest BCUT2D eigenvalue weighted by Crippen LogP contribution is -2.03. The number of nitrogens with two attached hydrogens (primary N) is 1. The highest BCUT2D eigenvalue weighted by Crippen LogP contribution is 2.34. The molecule has 5 nitrogen and oxygen atoms in total. The van der Waals surface area contributed by atoms with Crippen molar-refractivity contribution in [2.24, 2.45) is 0 Å². The van der Waals surface area contributed by atoms with E-state index in [4.69, 9.17) is 5.73 Å². The van der Waals surface area contributed by atoms with Crippen LogP contribution in [0.5, 0.6) is 0 Å². The predicted molar refractivity (Wildman–Crippen MR) is 105 cm³/mol. The molecule has 26 heavy (non-hydrogen) atoms. The third-order valence-corrected chi connectivity index (χ3v) is 4.38. The average molecular weight is 341 g/mol. The minimum atomic E-state index is 0.166. The van der Waals surface area contributed by atoms with Gasteiger partial charge in [0.2, 0.25) is 5.95 Å². The fraction of sp³-hybridized carbons (Fsp3) is 0.143. The van der Waals surface area contributed by atoms with E-state index in [2.05, 4.69) is 52.2 Å². The summed E-state index contributed by atoms with van der Waals surface area (Å²) >= 11 is 0. The largest absolute Gasteiger partial charge is 0.366 e. The maximum Gasteiger partial charge on any atom is 0.240 e. The maximum absolute atomic E-state index is 5.82. The number of aromatic nitrogens is 4. The number of hydrogen-bond donors (Lipinski definition) is 1. The fourth-order valence-electron chi connectivity index (χ4n) is 3.13. The third-order valence-electron chi connectivity index (χ3n) is 4.38. The first kappa shape index (κ1) is 16.1. The van der Waals surface area contributed by atoms with Crippen LogP contribution in [0, 0.1) is 0 Å². The molecule has 0 saturated heterocycles. The average Bonchev–Trinajstić information content (AvgIpc) is 2.67. The van der Waals surface area contributed by atoms with Crippen LogP contribution in [0.15, 0.2) is 60.8 Å². The smallest absolute Gasteiger partial charge is 0.240 e. The van der Waals surface area contributed by atoms with Gasteiger partial charge in [-0.2, -0.15) is 0 Å². The van der Waals surface area contributed by atoms with Crippen LogP contribution in [0.1, 0.15) is 25.3 Å². The van der Waals surface area contributed by atoms with Gasteiger partial charge in [-0.05, 0) is 29.7 Å². The van der Waals surface area contributed by atoms with E-state index in [-0.39, 0.29) is 5.95 Å². The maximum atomic E-state index is 5.82. The molecule has 2 heterocycles. The molecule has 2 aromatic heterocycles. The number of hydrogen-bond acceptors (Lipinski definition) is 5. The first-order valence-corrected chi connectivity index (χ1v) is 8.58. The number of rotatable bonds is 3. The van der Waals surface area contributed by atoms with Gasteiger partial charge in [-0.1, -0.05) is 50.2 Å². The van der Waals surface area contributed by atoms with Crippen LogP contribution >= 0.6 is 0 Å². The van der Waals surface area contributed by atoms with Gasteiger partial charge in [-0.25, -0.2) is 4.98 Å². The molecule has 0 aliphatic heterocycles. The Morgan fingerprint density at radius 1 is 0.846 bits per heavy atom. The minimum Gasteiger partial charge on any atom is -0.366 e. The second kappa shape index (κ2) is 6.52. The molecular weight excluding hydrogens is 322 g/mol. The van der Waals surface area contributed by atoms with Crippen molar-refractivity contribution < 1.29 is 0 Å². The Balaban J connectivity index is 1.99. The summed E-state index contributed by atoms with van der Waals surface area (Å²) < 4.78 is 0. The number of nitrogens with zero attached hydrogens (tertiary/aromatic N) is 4. The first-order chi connectivity index (χ1) is 12.6. The molecule has 0 spiro atoms. The Bertz CT molecular complexity index is 1070. The molecule has 0 saturated carbocycles. The number of pyridine rings is 1. The zero-order valence-corrected chi connectivity index (χ0v) is 14.7. The van der Waals surface area contributed by atoms with Crippen LogP contribution in [0.4, 0.5) is 5.95 Å². The fourth-order valence-corrected chi connectivity index (χ4v) is 3.13. The van der Waals surface area contributed by atoms with Crippen molar-refractivity contribution in [2.45, 2.75) is 19.8 Å². The minimum absolute atomic E-state index is 0.166. The van der Waals surface area contributed by atoms with E-state index in [1.165, 1.54) is 5.56 Å². The molecule has 0 aliphatic carbocycles. The molecule has 2 N–H and O–H groups in total. The summed E-state index contributed by atoms with van der Waals surface area (Å²) in [6.45, 7) is 4.33. The highest BCUT2D eigenvalue weighted by atomic mass is 15.2. The van der Waals surface area contributed by atoms with Crippen molar-refractivity contribution in [3.63, 3.8) is 0 Å². The number of fused-ring (bicyclic) bond motifs is 1. The zero-order valence-electron chi connectivity index (χ0n) is 14.7. The summed E-state index contributed by atoms with van der Waals surface area (Å²) in [7, 11) is 0. The molecule has 0 aliphatic rings. The highest BCUT2D eigenvalue weighted by molar-refractivity contribution is 5.89. The molecule has 0 unspecified atom stereocenters. The van der Waals surface area contributed by atoms with Gasteiger partial charge < -0.3 is 5.73 Å². The standard InChI is InChI=1S/C21H19N5/c1-13(2)17-12-16(11-15-9-6-10-23-18(15)17)20-19(24-21(22)26-25-20)14-7-4-3-5-8-14/h3-13H,1-2H3,(H2,22,24,26). The third kappa shape index (κ3) is 2.88. The quantitative estimate of drug-likeness (QED) is 0.595.